The highest BCUT2D eigenvalue weighted by atomic mass is 16.6. The summed E-state index contributed by atoms with van der Waals surface area (Å²) in [6.07, 6.45) is 90.8. The fraction of sp³-hybridized carbons (Fsp3) is 0.800. The lowest BCUT2D eigenvalue weighted by molar-refractivity contribution is -0.167. The molecule has 0 aliphatic rings. The maximum absolute atomic E-state index is 12.9. The van der Waals surface area contributed by atoms with Gasteiger partial charge < -0.3 is 14.2 Å². The molecule has 1 unspecified atom stereocenters. The third-order valence-electron chi connectivity index (χ3n) is 15.7. The molecule has 0 rings (SSSR count). The van der Waals surface area contributed by atoms with E-state index in [1.165, 1.54) is 225 Å². The van der Waals surface area contributed by atoms with E-state index < -0.39 is 6.10 Å². The summed E-state index contributed by atoms with van der Waals surface area (Å²) in [4.78, 5) is 38.4. The van der Waals surface area contributed by atoms with Crippen molar-refractivity contribution in [3.63, 3.8) is 0 Å². The summed E-state index contributed by atoms with van der Waals surface area (Å²) in [6.45, 7) is 6.53. The van der Waals surface area contributed by atoms with E-state index in [1.807, 2.05) is 0 Å². The fourth-order valence-electron chi connectivity index (χ4n) is 10.4. The van der Waals surface area contributed by atoms with Crippen molar-refractivity contribution in [2.24, 2.45) is 0 Å². The zero-order chi connectivity index (χ0) is 58.5. The van der Waals surface area contributed by atoms with Gasteiger partial charge in [-0.2, -0.15) is 0 Å². The van der Waals surface area contributed by atoms with Gasteiger partial charge in [0.25, 0.3) is 0 Å². The quantitative estimate of drug-likeness (QED) is 0.0261. The molecule has 0 aromatic heterocycles. The van der Waals surface area contributed by atoms with Crippen molar-refractivity contribution in [1.29, 1.82) is 0 Å². The third kappa shape index (κ3) is 67.5. The van der Waals surface area contributed by atoms with Crippen molar-refractivity contribution in [3.8, 4) is 0 Å². The Labute approximate surface area is 503 Å². The van der Waals surface area contributed by atoms with E-state index in [4.69, 9.17) is 14.2 Å². The van der Waals surface area contributed by atoms with Gasteiger partial charge in [0, 0.05) is 19.3 Å². The minimum atomic E-state index is -0.787. The summed E-state index contributed by atoms with van der Waals surface area (Å²) in [5.41, 5.74) is 0. The number of hydrogen-bond donors (Lipinski definition) is 0. The largest absolute Gasteiger partial charge is 0.462 e. The topological polar surface area (TPSA) is 78.9 Å². The number of ether oxygens (including phenoxy) is 3. The highest BCUT2D eigenvalue weighted by Crippen LogP contribution is 2.18. The Bertz CT molecular complexity index is 1490. The van der Waals surface area contributed by atoms with Gasteiger partial charge >= 0.3 is 17.9 Å². The molecule has 0 aromatic rings. The van der Waals surface area contributed by atoms with Crippen molar-refractivity contribution in [2.75, 3.05) is 13.2 Å². The number of carbonyl (C=O) groups is 3. The average Bonchev–Trinajstić information content (AvgIpc) is 3.47. The van der Waals surface area contributed by atoms with E-state index in [9.17, 15) is 14.4 Å². The molecular formula is C75H134O6. The highest BCUT2D eigenvalue weighted by Gasteiger charge is 2.19. The fourth-order valence-corrected chi connectivity index (χ4v) is 10.4. The monoisotopic (exact) mass is 1130 g/mol. The molecule has 0 N–H and O–H groups in total. The molecule has 0 aliphatic carbocycles. The van der Waals surface area contributed by atoms with E-state index in [2.05, 4.69) is 93.7 Å². The van der Waals surface area contributed by atoms with Crippen LogP contribution in [0, 0.1) is 0 Å². The van der Waals surface area contributed by atoms with Crippen molar-refractivity contribution in [3.05, 3.63) is 72.9 Å². The lowest BCUT2D eigenvalue weighted by Crippen LogP contribution is -2.30. The molecule has 0 radical (unpaired) electrons. The average molecular weight is 1130 g/mol. The van der Waals surface area contributed by atoms with Crippen LogP contribution in [0.15, 0.2) is 72.9 Å². The van der Waals surface area contributed by atoms with Crippen LogP contribution in [0.5, 0.6) is 0 Å². The summed E-state index contributed by atoms with van der Waals surface area (Å²) in [7, 11) is 0. The van der Waals surface area contributed by atoms with Gasteiger partial charge in [0.1, 0.15) is 13.2 Å². The summed E-state index contributed by atoms with van der Waals surface area (Å²) < 4.78 is 17.0. The molecule has 6 nitrogen and oxygen atoms in total. The molecule has 0 fully saturated rings. The lowest BCUT2D eigenvalue weighted by Gasteiger charge is -2.18. The molecular weight excluding hydrogens is 997 g/mol. The Morgan fingerprint density at radius 3 is 0.790 bits per heavy atom. The van der Waals surface area contributed by atoms with Crippen molar-refractivity contribution in [1.82, 2.24) is 0 Å². The van der Waals surface area contributed by atoms with Crippen LogP contribution in [0.25, 0.3) is 0 Å². The first-order valence-corrected chi connectivity index (χ1v) is 35.4. The van der Waals surface area contributed by atoms with Gasteiger partial charge in [-0.25, -0.2) is 0 Å². The summed E-state index contributed by atoms with van der Waals surface area (Å²) in [5, 5.41) is 0. The van der Waals surface area contributed by atoms with Gasteiger partial charge in [-0.1, -0.05) is 312 Å². The molecule has 81 heavy (non-hydrogen) atoms. The summed E-state index contributed by atoms with van der Waals surface area (Å²) in [5.74, 6) is -0.887. The highest BCUT2D eigenvalue weighted by molar-refractivity contribution is 5.71. The minimum absolute atomic E-state index is 0.0812. The summed E-state index contributed by atoms with van der Waals surface area (Å²) >= 11 is 0. The molecule has 0 aromatic carbocycles. The molecule has 0 saturated carbocycles. The van der Waals surface area contributed by atoms with Crippen molar-refractivity contribution >= 4 is 17.9 Å². The second kappa shape index (κ2) is 69.3. The Hall–Kier alpha value is -3.15. The van der Waals surface area contributed by atoms with Crippen LogP contribution in [0.1, 0.15) is 367 Å². The number of allylic oxidation sites excluding steroid dienone is 12. The van der Waals surface area contributed by atoms with Crippen LogP contribution in [-0.4, -0.2) is 37.2 Å². The molecule has 0 spiro atoms. The number of esters is 3. The van der Waals surface area contributed by atoms with E-state index in [0.717, 1.165) is 103 Å². The standard InChI is InChI=1S/C75H134O6/c1-4-7-10-13-16-19-22-25-28-30-31-32-33-34-35-36-37-38-39-40-41-42-43-45-47-50-53-56-59-62-65-68-74(77)80-71-72(70-79-73(76)67-64-61-58-55-52-49-46-27-24-21-18-15-12-9-6-3)81-75(78)69-66-63-60-57-54-51-48-44-29-26-23-20-17-14-11-8-5-2/h8,11,17-18,20-21,26-27,29-31,46,72H,4-7,9-10,12-16,19,22-25,28,32-45,47-71H2,1-3H3/b11-8-,20-17-,21-18-,29-26-,31-30-,46-27-. The van der Waals surface area contributed by atoms with Crippen LogP contribution < -0.4 is 0 Å². The zero-order valence-corrected chi connectivity index (χ0v) is 54.1. The number of hydrogen-bond acceptors (Lipinski definition) is 6. The maximum Gasteiger partial charge on any atom is 0.306 e. The SMILES string of the molecule is CC/C=C\C/C=C\C/C=C\CCCCCCCCCC(=O)OC(COC(=O)CCCCCCC/C=C\C/C=C\CCCCC)COC(=O)CCCCCCCCCCCCCCCCCCCCC/C=C\CCCCCCCCCC. The van der Waals surface area contributed by atoms with E-state index in [0.29, 0.717) is 19.3 Å². The third-order valence-corrected chi connectivity index (χ3v) is 15.7. The smallest absolute Gasteiger partial charge is 0.306 e. The molecule has 0 saturated heterocycles. The predicted molar refractivity (Wildman–Crippen MR) is 353 cm³/mol. The van der Waals surface area contributed by atoms with Crippen LogP contribution in [0.4, 0.5) is 0 Å². The first-order valence-electron chi connectivity index (χ1n) is 35.4. The van der Waals surface area contributed by atoms with E-state index >= 15 is 0 Å². The maximum atomic E-state index is 12.9. The molecule has 6 heteroatoms. The number of unbranched alkanes of at least 4 members (excludes halogenated alkanes) is 42. The van der Waals surface area contributed by atoms with Gasteiger partial charge in [0.2, 0.25) is 0 Å². The Morgan fingerprint density at radius 1 is 0.259 bits per heavy atom. The second-order valence-electron chi connectivity index (χ2n) is 23.8. The van der Waals surface area contributed by atoms with Crippen molar-refractivity contribution < 1.29 is 28.6 Å². The van der Waals surface area contributed by atoms with Gasteiger partial charge in [0.15, 0.2) is 6.10 Å². The van der Waals surface area contributed by atoms with Crippen molar-refractivity contribution in [2.45, 2.75) is 374 Å². The Kier molecular flexibility index (Phi) is 66.6. The molecule has 0 amide bonds. The van der Waals surface area contributed by atoms with Gasteiger partial charge in [-0.15, -0.1) is 0 Å². The van der Waals surface area contributed by atoms with Crippen LogP contribution >= 0.6 is 0 Å². The molecule has 1 atom stereocenters. The van der Waals surface area contributed by atoms with E-state index in [1.54, 1.807) is 0 Å². The summed E-state index contributed by atoms with van der Waals surface area (Å²) in [6, 6.07) is 0. The van der Waals surface area contributed by atoms with Crippen LogP contribution in [-0.2, 0) is 28.6 Å². The minimum Gasteiger partial charge on any atom is -0.462 e. The molecule has 0 heterocycles. The van der Waals surface area contributed by atoms with Gasteiger partial charge in [0.05, 0.1) is 0 Å². The van der Waals surface area contributed by atoms with Crippen LogP contribution in [0.2, 0.25) is 0 Å². The first kappa shape index (κ1) is 77.9. The zero-order valence-electron chi connectivity index (χ0n) is 54.1. The van der Waals surface area contributed by atoms with Gasteiger partial charge in [-0.05, 0) is 109 Å². The molecule has 0 aliphatic heterocycles. The predicted octanol–water partition coefficient (Wildman–Crippen LogP) is 24.4. The number of carbonyl (C=O) groups excluding carboxylic acids is 3. The lowest BCUT2D eigenvalue weighted by atomic mass is 10.0. The van der Waals surface area contributed by atoms with Crippen LogP contribution in [0.3, 0.4) is 0 Å². The Balaban J connectivity index is 4.20. The molecule has 0 bridgehead atoms. The second-order valence-corrected chi connectivity index (χ2v) is 23.8. The van der Waals surface area contributed by atoms with E-state index in [-0.39, 0.29) is 31.1 Å². The first-order chi connectivity index (χ1) is 40.0. The molecule has 470 valence electrons. The van der Waals surface area contributed by atoms with Gasteiger partial charge in [-0.3, -0.25) is 14.4 Å². The Morgan fingerprint density at radius 2 is 0.481 bits per heavy atom. The normalized spacial score (nSPS) is 12.5. The number of rotatable bonds is 65.